The summed E-state index contributed by atoms with van der Waals surface area (Å²) in [5.41, 5.74) is 1.03. The summed E-state index contributed by atoms with van der Waals surface area (Å²) in [5.74, 6) is -0.917. The van der Waals surface area contributed by atoms with Crippen LogP contribution < -0.4 is 4.74 Å². The standard InChI is InChI=1S/C23H25N3O5/c1-30-17-7-5-16(6-8-17)21(27)19-20(18-4-2-3-9-24-18)26(23(29)22(19)28)11-10-25-12-14-31-15-13-25/h2-9,20,27H,10-15H2,1H3/b21-19+/t20-/m1/s1. The number of carbonyl (C=O) groups is 2. The number of carbonyl (C=O) groups excluding carboxylic acids is 2. The van der Waals surface area contributed by atoms with Crippen molar-refractivity contribution in [2.24, 2.45) is 0 Å². The lowest BCUT2D eigenvalue weighted by molar-refractivity contribution is -0.140. The lowest BCUT2D eigenvalue weighted by Gasteiger charge is -2.30. The molecule has 2 fully saturated rings. The number of Topliss-reactive ketones (excluding diaryl/α,β-unsaturated/α-hetero) is 1. The van der Waals surface area contributed by atoms with E-state index in [0.717, 1.165) is 13.1 Å². The van der Waals surface area contributed by atoms with E-state index >= 15 is 0 Å². The molecule has 4 rings (SSSR count). The third-order valence-electron chi connectivity index (χ3n) is 5.63. The molecule has 3 heterocycles. The van der Waals surface area contributed by atoms with Crippen LogP contribution in [-0.2, 0) is 14.3 Å². The first kappa shape index (κ1) is 21.0. The second kappa shape index (κ2) is 9.28. The summed E-state index contributed by atoms with van der Waals surface area (Å²) in [6.07, 6.45) is 1.62. The number of aliphatic hydroxyl groups is 1. The summed E-state index contributed by atoms with van der Waals surface area (Å²) in [4.78, 5) is 34.0. The minimum Gasteiger partial charge on any atom is -0.507 e. The summed E-state index contributed by atoms with van der Waals surface area (Å²) in [6, 6.07) is 11.3. The summed E-state index contributed by atoms with van der Waals surface area (Å²) < 4.78 is 10.5. The first-order valence-electron chi connectivity index (χ1n) is 10.2. The number of nitrogens with zero attached hydrogens (tertiary/aromatic N) is 3. The van der Waals surface area contributed by atoms with Crippen molar-refractivity contribution >= 4 is 17.4 Å². The predicted molar refractivity (Wildman–Crippen MR) is 113 cm³/mol. The number of morpholine rings is 1. The number of ether oxygens (including phenoxy) is 2. The monoisotopic (exact) mass is 423 g/mol. The Labute approximate surface area is 180 Å². The van der Waals surface area contributed by atoms with Gasteiger partial charge in [-0.05, 0) is 36.4 Å². The topological polar surface area (TPSA) is 92.2 Å². The Morgan fingerprint density at radius 2 is 1.87 bits per heavy atom. The molecule has 8 nitrogen and oxygen atoms in total. The first-order chi connectivity index (χ1) is 15.1. The van der Waals surface area contributed by atoms with Gasteiger partial charge in [-0.2, -0.15) is 0 Å². The van der Waals surface area contributed by atoms with Gasteiger partial charge in [-0.15, -0.1) is 0 Å². The van der Waals surface area contributed by atoms with E-state index in [9.17, 15) is 14.7 Å². The lowest BCUT2D eigenvalue weighted by atomic mass is 9.98. The van der Waals surface area contributed by atoms with E-state index < -0.39 is 17.7 Å². The zero-order valence-electron chi connectivity index (χ0n) is 17.4. The Balaban J connectivity index is 1.70. The number of amides is 1. The van der Waals surface area contributed by atoms with Crippen molar-refractivity contribution in [3.8, 4) is 5.75 Å². The van der Waals surface area contributed by atoms with Gasteiger partial charge in [-0.1, -0.05) is 6.07 Å². The third kappa shape index (κ3) is 4.30. The van der Waals surface area contributed by atoms with Crippen LogP contribution >= 0.6 is 0 Å². The SMILES string of the molecule is COc1ccc(/C(O)=C2\C(=O)C(=O)N(CCN3CCOCC3)[C@@H]2c2ccccn2)cc1. The van der Waals surface area contributed by atoms with Gasteiger partial charge in [0, 0.05) is 37.9 Å². The summed E-state index contributed by atoms with van der Waals surface area (Å²) in [5, 5.41) is 11.0. The molecule has 2 aromatic rings. The Morgan fingerprint density at radius 1 is 1.13 bits per heavy atom. The Hall–Kier alpha value is -3.23. The maximum Gasteiger partial charge on any atom is 0.295 e. The van der Waals surface area contributed by atoms with Crippen LogP contribution in [0.2, 0.25) is 0 Å². The minimum atomic E-state index is -0.746. The molecule has 1 atom stereocenters. The number of hydrogen-bond donors (Lipinski definition) is 1. The Morgan fingerprint density at radius 3 is 2.52 bits per heavy atom. The van der Waals surface area contributed by atoms with E-state index in [2.05, 4.69) is 9.88 Å². The molecule has 0 aliphatic carbocycles. The van der Waals surface area contributed by atoms with Crippen molar-refractivity contribution in [2.45, 2.75) is 6.04 Å². The molecule has 1 N–H and O–H groups in total. The fourth-order valence-electron chi connectivity index (χ4n) is 3.93. The van der Waals surface area contributed by atoms with Gasteiger partial charge in [-0.25, -0.2) is 0 Å². The van der Waals surface area contributed by atoms with Crippen LogP contribution in [0.15, 0.2) is 54.2 Å². The number of pyridine rings is 1. The fourth-order valence-corrected chi connectivity index (χ4v) is 3.93. The van der Waals surface area contributed by atoms with Crippen LogP contribution in [0.5, 0.6) is 5.75 Å². The maximum absolute atomic E-state index is 13.0. The lowest BCUT2D eigenvalue weighted by Crippen LogP contribution is -2.42. The second-order valence-corrected chi connectivity index (χ2v) is 7.43. The predicted octanol–water partition coefficient (Wildman–Crippen LogP) is 1.84. The molecule has 1 aromatic carbocycles. The quantitative estimate of drug-likeness (QED) is 0.431. The van der Waals surface area contributed by atoms with E-state index in [0.29, 0.717) is 43.3 Å². The van der Waals surface area contributed by atoms with Crippen LogP contribution in [0.3, 0.4) is 0 Å². The van der Waals surface area contributed by atoms with E-state index in [1.54, 1.807) is 55.8 Å². The van der Waals surface area contributed by atoms with E-state index in [1.807, 2.05) is 0 Å². The number of rotatable bonds is 6. The number of likely N-dealkylation sites (tertiary alicyclic amines) is 1. The molecule has 0 spiro atoms. The first-order valence-corrected chi connectivity index (χ1v) is 10.2. The van der Waals surface area contributed by atoms with Gasteiger partial charge < -0.3 is 19.5 Å². The van der Waals surface area contributed by atoms with Crippen molar-refractivity contribution in [3.05, 3.63) is 65.5 Å². The van der Waals surface area contributed by atoms with Gasteiger partial charge in [0.25, 0.3) is 11.7 Å². The van der Waals surface area contributed by atoms with E-state index in [4.69, 9.17) is 9.47 Å². The van der Waals surface area contributed by atoms with Crippen LogP contribution in [-0.4, -0.2) is 78.1 Å². The molecule has 2 saturated heterocycles. The van der Waals surface area contributed by atoms with Crippen LogP contribution in [0.25, 0.3) is 5.76 Å². The van der Waals surface area contributed by atoms with Crippen molar-refractivity contribution in [1.82, 2.24) is 14.8 Å². The fraction of sp³-hybridized carbons (Fsp3) is 0.348. The van der Waals surface area contributed by atoms with Crippen LogP contribution in [0, 0.1) is 0 Å². The number of methoxy groups -OCH3 is 1. The molecule has 162 valence electrons. The molecule has 0 unspecified atom stereocenters. The van der Waals surface area contributed by atoms with Gasteiger partial charge in [0.2, 0.25) is 0 Å². The highest BCUT2D eigenvalue weighted by Crippen LogP contribution is 2.38. The second-order valence-electron chi connectivity index (χ2n) is 7.43. The third-order valence-corrected chi connectivity index (χ3v) is 5.63. The highest BCUT2D eigenvalue weighted by atomic mass is 16.5. The number of ketones is 1. The zero-order chi connectivity index (χ0) is 21.8. The average Bonchev–Trinajstić information content (AvgIpc) is 3.08. The Bertz CT molecular complexity index is 968. The molecule has 2 aliphatic rings. The normalized spacial score (nSPS) is 21.5. The smallest absolute Gasteiger partial charge is 0.295 e. The van der Waals surface area contributed by atoms with E-state index in [1.165, 1.54) is 4.90 Å². The van der Waals surface area contributed by atoms with Crippen molar-refractivity contribution in [2.75, 3.05) is 46.5 Å². The average molecular weight is 423 g/mol. The number of aromatic nitrogens is 1. The van der Waals surface area contributed by atoms with Crippen LogP contribution in [0.4, 0.5) is 0 Å². The van der Waals surface area contributed by atoms with Crippen molar-refractivity contribution < 1.29 is 24.2 Å². The summed E-state index contributed by atoms with van der Waals surface area (Å²) >= 11 is 0. The minimum absolute atomic E-state index is 0.0517. The Kier molecular flexibility index (Phi) is 6.29. The molecular weight excluding hydrogens is 398 g/mol. The maximum atomic E-state index is 13.0. The molecular formula is C23H25N3O5. The van der Waals surface area contributed by atoms with Crippen molar-refractivity contribution in [1.29, 1.82) is 0 Å². The molecule has 0 saturated carbocycles. The zero-order valence-corrected chi connectivity index (χ0v) is 17.4. The highest BCUT2D eigenvalue weighted by molar-refractivity contribution is 6.46. The van der Waals surface area contributed by atoms with Crippen LogP contribution in [0.1, 0.15) is 17.3 Å². The number of aliphatic hydroxyl groups excluding tert-OH is 1. The van der Waals surface area contributed by atoms with E-state index in [-0.39, 0.29) is 11.3 Å². The molecule has 1 aromatic heterocycles. The summed E-state index contributed by atoms with van der Waals surface area (Å²) in [6.45, 7) is 3.83. The van der Waals surface area contributed by atoms with Gasteiger partial charge in [0.05, 0.1) is 31.6 Å². The van der Waals surface area contributed by atoms with Gasteiger partial charge in [-0.3, -0.25) is 19.5 Å². The molecule has 8 heteroatoms. The molecule has 0 bridgehead atoms. The van der Waals surface area contributed by atoms with Gasteiger partial charge in [0.15, 0.2) is 0 Å². The van der Waals surface area contributed by atoms with Gasteiger partial charge in [0.1, 0.15) is 17.6 Å². The van der Waals surface area contributed by atoms with Crippen molar-refractivity contribution in [3.63, 3.8) is 0 Å². The number of benzene rings is 1. The number of hydrogen-bond acceptors (Lipinski definition) is 7. The summed E-state index contributed by atoms with van der Waals surface area (Å²) in [7, 11) is 1.55. The highest BCUT2D eigenvalue weighted by Gasteiger charge is 2.46. The molecule has 31 heavy (non-hydrogen) atoms. The molecule has 2 aliphatic heterocycles. The van der Waals surface area contributed by atoms with Gasteiger partial charge >= 0.3 is 0 Å². The molecule has 1 amide bonds. The molecule has 0 radical (unpaired) electrons. The largest absolute Gasteiger partial charge is 0.507 e.